The molecule has 3 aromatic carbocycles. The number of nitrogens with zero attached hydrogens (tertiary/aromatic N) is 4. The van der Waals surface area contributed by atoms with Crippen LogP contribution in [0.25, 0.3) is 23.0 Å². The maximum Gasteiger partial charge on any atom is 0.323 e. The van der Waals surface area contributed by atoms with Crippen LogP contribution in [-0.4, -0.2) is 32.0 Å². The molecule has 5 aromatic rings. The van der Waals surface area contributed by atoms with E-state index in [4.69, 9.17) is 4.52 Å². The highest BCUT2D eigenvalue weighted by atomic mass is 32.2. The van der Waals surface area contributed by atoms with E-state index in [-0.39, 0.29) is 17.7 Å². The Bertz CT molecular complexity index is 1500. The van der Waals surface area contributed by atoms with Gasteiger partial charge in [0.15, 0.2) is 0 Å². The van der Waals surface area contributed by atoms with Gasteiger partial charge in [-0.05, 0) is 54.3 Å². The molecule has 0 radical (unpaired) electrons. The molecule has 36 heavy (non-hydrogen) atoms. The second kappa shape index (κ2) is 10.4. The third-order valence-electron chi connectivity index (χ3n) is 5.27. The van der Waals surface area contributed by atoms with E-state index in [1.807, 2.05) is 59.4 Å². The van der Waals surface area contributed by atoms with Crippen molar-refractivity contribution >= 4 is 29.2 Å². The number of anilines is 2. The molecule has 0 saturated heterocycles. The zero-order valence-electron chi connectivity index (χ0n) is 19.2. The Hall–Kier alpha value is -4.44. The number of benzene rings is 3. The van der Waals surface area contributed by atoms with Crippen LogP contribution in [0.1, 0.15) is 5.56 Å². The van der Waals surface area contributed by atoms with Gasteiger partial charge in [-0.15, -0.1) is 11.8 Å². The summed E-state index contributed by atoms with van der Waals surface area (Å²) in [6.07, 6.45) is 5.45. The predicted molar refractivity (Wildman–Crippen MR) is 137 cm³/mol. The molecule has 0 aliphatic carbocycles. The van der Waals surface area contributed by atoms with E-state index in [1.54, 1.807) is 36.4 Å². The fraction of sp³-hybridized carbons (Fsp3) is 0.0769. The Morgan fingerprint density at radius 3 is 2.64 bits per heavy atom. The largest absolute Gasteiger partial charge is 0.332 e. The van der Waals surface area contributed by atoms with Crippen LogP contribution in [0.15, 0.2) is 94.7 Å². The first kappa shape index (κ1) is 23.3. The van der Waals surface area contributed by atoms with E-state index in [1.165, 1.54) is 12.1 Å². The number of hydrogen-bond acceptors (Lipinski definition) is 6. The fourth-order valence-corrected chi connectivity index (χ4v) is 3.99. The fourth-order valence-electron chi connectivity index (χ4n) is 3.53. The number of thioether (sulfide) groups is 1. The molecule has 0 spiro atoms. The minimum atomic E-state index is -0.370. The number of amides is 2. The number of nitrogens with one attached hydrogen (secondary N) is 2. The number of carbonyl (C=O) groups excluding carboxylic acids is 1. The number of aromatic nitrogens is 4. The molecule has 2 heterocycles. The number of carbonyl (C=O) groups is 1. The Kier molecular flexibility index (Phi) is 6.76. The van der Waals surface area contributed by atoms with Crippen molar-refractivity contribution in [2.75, 3.05) is 16.9 Å². The molecule has 10 heteroatoms. The Morgan fingerprint density at radius 2 is 1.83 bits per heavy atom. The van der Waals surface area contributed by atoms with Gasteiger partial charge in [-0.1, -0.05) is 35.5 Å². The highest BCUT2D eigenvalue weighted by Crippen LogP contribution is 2.22. The van der Waals surface area contributed by atoms with Crippen LogP contribution in [0.3, 0.4) is 0 Å². The van der Waals surface area contributed by atoms with Gasteiger partial charge >= 0.3 is 6.03 Å². The molecule has 0 saturated carbocycles. The standard InChI is InChI=1S/C26H21FN6O2S/c1-36-22-7-3-6-21(13-22)30-26(34)29-20-10-8-17(9-11-20)14-33-15-23(28-16-33)25-31-24(32-35-25)18-4-2-5-19(27)12-18/h2-13,15-16H,14H2,1H3,(H2,29,30,34). The molecule has 2 N–H and O–H groups in total. The van der Waals surface area contributed by atoms with Gasteiger partial charge in [0.05, 0.1) is 6.33 Å². The molecule has 0 unspecified atom stereocenters. The molecule has 180 valence electrons. The van der Waals surface area contributed by atoms with Crippen molar-refractivity contribution in [2.45, 2.75) is 11.4 Å². The van der Waals surface area contributed by atoms with E-state index in [0.717, 1.165) is 16.1 Å². The van der Waals surface area contributed by atoms with Crippen molar-refractivity contribution in [3.8, 4) is 23.0 Å². The number of urea groups is 1. The summed E-state index contributed by atoms with van der Waals surface area (Å²) in [7, 11) is 0. The first-order valence-corrected chi connectivity index (χ1v) is 12.2. The summed E-state index contributed by atoms with van der Waals surface area (Å²) in [5.74, 6) is 0.177. The SMILES string of the molecule is CSc1cccc(NC(=O)Nc2ccc(Cn3cnc(-c4nc(-c5cccc(F)c5)no4)c3)cc2)c1. The lowest BCUT2D eigenvalue weighted by atomic mass is 10.2. The van der Waals surface area contributed by atoms with Crippen LogP contribution in [0.2, 0.25) is 0 Å². The summed E-state index contributed by atoms with van der Waals surface area (Å²) in [4.78, 5) is 22.1. The number of rotatable bonds is 7. The van der Waals surface area contributed by atoms with Crippen LogP contribution in [0.4, 0.5) is 20.6 Å². The molecule has 0 fully saturated rings. The molecule has 8 nitrogen and oxygen atoms in total. The van der Waals surface area contributed by atoms with Crippen molar-refractivity contribution in [3.05, 3.63) is 96.7 Å². The van der Waals surface area contributed by atoms with Crippen LogP contribution in [-0.2, 0) is 6.54 Å². The van der Waals surface area contributed by atoms with Gasteiger partial charge in [0.25, 0.3) is 5.89 Å². The molecule has 2 amide bonds. The Labute approximate surface area is 210 Å². The maximum atomic E-state index is 13.5. The summed E-state index contributed by atoms with van der Waals surface area (Å²) in [5, 5.41) is 9.60. The van der Waals surface area contributed by atoms with Gasteiger partial charge < -0.3 is 19.7 Å². The van der Waals surface area contributed by atoms with E-state index >= 15 is 0 Å². The highest BCUT2D eigenvalue weighted by molar-refractivity contribution is 7.98. The van der Waals surface area contributed by atoms with Gasteiger partial charge in [0, 0.05) is 34.6 Å². The third-order valence-corrected chi connectivity index (χ3v) is 5.99. The van der Waals surface area contributed by atoms with E-state index in [0.29, 0.717) is 29.3 Å². The van der Waals surface area contributed by atoms with Crippen molar-refractivity contribution < 1.29 is 13.7 Å². The summed E-state index contributed by atoms with van der Waals surface area (Å²) in [5.41, 5.74) is 3.48. The van der Waals surface area contributed by atoms with Crippen molar-refractivity contribution in [1.29, 1.82) is 0 Å². The molecular weight excluding hydrogens is 479 g/mol. The lowest BCUT2D eigenvalue weighted by Gasteiger charge is -2.09. The quantitative estimate of drug-likeness (QED) is 0.260. The Morgan fingerprint density at radius 1 is 1.03 bits per heavy atom. The molecular formula is C26H21FN6O2S. The molecule has 5 rings (SSSR count). The van der Waals surface area contributed by atoms with Gasteiger partial charge in [0.2, 0.25) is 5.82 Å². The molecule has 0 bridgehead atoms. The molecule has 0 aliphatic heterocycles. The van der Waals surface area contributed by atoms with Crippen LogP contribution >= 0.6 is 11.8 Å². The van der Waals surface area contributed by atoms with Crippen molar-refractivity contribution in [3.63, 3.8) is 0 Å². The smallest absolute Gasteiger partial charge is 0.323 e. The predicted octanol–water partition coefficient (Wildman–Crippen LogP) is 6.15. The van der Waals surface area contributed by atoms with Crippen molar-refractivity contribution in [1.82, 2.24) is 19.7 Å². The normalized spacial score (nSPS) is 10.8. The molecule has 2 aromatic heterocycles. The lowest BCUT2D eigenvalue weighted by Crippen LogP contribution is -2.19. The number of imidazole rings is 1. The van der Waals surface area contributed by atoms with E-state index in [9.17, 15) is 9.18 Å². The second-order valence-corrected chi connectivity index (χ2v) is 8.75. The van der Waals surface area contributed by atoms with Crippen LogP contribution in [0.5, 0.6) is 0 Å². The average Bonchev–Trinajstić information content (AvgIpc) is 3.55. The van der Waals surface area contributed by atoms with E-state index < -0.39 is 0 Å². The first-order valence-electron chi connectivity index (χ1n) is 11.0. The zero-order chi connectivity index (χ0) is 24.9. The summed E-state index contributed by atoms with van der Waals surface area (Å²) < 4.78 is 20.7. The molecule has 0 atom stereocenters. The van der Waals surface area contributed by atoms with Crippen LogP contribution < -0.4 is 10.6 Å². The van der Waals surface area contributed by atoms with Gasteiger partial charge in [0.1, 0.15) is 11.5 Å². The maximum absolute atomic E-state index is 13.5. The molecule has 0 aliphatic rings. The number of halogens is 1. The second-order valence-electron chi connectivity index (χ2n) is 7.87. The number of hydrogen-bond donors (Lipinski definition) is 2. The van der Waals surface area contributed by atoms with Gasteiger partial charge in [-0.2, -0.15) is 4.98 Å². The van der Waals surface area contributed by atoms with Gasteiger partial charge in [-0.25, -0.2) is 14.2 Å². The topological polar surface area (TPSA) is 97.9 Å². The minimum absolute atomic E-state index is 0.252. The zero-order valence-corrected chi connectivity index (χ0v) is 20.0. The van der Waals surface area contributed by atoms with Gasteiger partial charge in [-0.3, -0.25) is 0 Å². The third kappa shape index (κ3) is 5.61. The Balaban J connectivity index is 1.19. The first-order chi connectivity index (χ1) is 17.6. The van der Waals surface area contributed by atoms with Crippen molar-refractivity contribution in [2.24, 2.45) is 0 Å². The van der Waals surface area contributed by atoms with E-state index in [2.05, 4.69) is 25.8 Å². The monoisotopic (exact) mass is 500 g/mol. The summed E-state index contributed by atoms with van der Waals surface area (Å²) in [6.45, 7) is 0.561. The minimum Gasteiger partial charge on any atom is -0.332 e. The highest BCUT2D eigenvalue weighted by Gasteiger charge is 2.14. The average molecular weight is 501 g/mol. The summed E-state index contributed by atoms with van der Waals surface area (Å²) in [6, 6.07) is 20.9. The lowest BCUT2D eigenvalue weighted by molar-refractivity contribution is 0.262. The summed E-state index contributed by atoms with van der Waals surface area (Å²) >= 11 is 1.61. The van der Waals surface area contributed by atoms with Crippen LogP contribution in [0, 0.1) is 5.82 Å².